The number of rotatable bonds is 8. The molecule has 1 aromatic heterocycles. The zero-order chi connectivity index (χ0) is 15.5. The number of unbranched alkanes of at least 4 members (excludes halogenated alkanes) is 1. The monoisotopic (exact) mass is 300 g/mol. The standard InChI is InChI=1S/C18H24N2O2/c21-18(20-14-16-11-13-22-15-16)10-5-3-1-2-4-8-17-9-6-7-12-19-17/h1,3,5-7,9-10,12,16H,2,4,8,11,13-15H2,(H,20,21)/b3-1+,10-5+. The number of carbonyl (C=O) groups is 1. The molecule has 1 N–H and O–H groups in total. The third-order valence-corrected chi connectivity index (χ3v) is 3.61. The van der Waals surface area contributed by atoms with Crippen molar-refractivity contribution in [1.82, 2.24) is 10.3 Å². The largest absolute Gasteiger partial charge is 0.381 e. The number of nitrogens with one attached hydrogen (secondary N) is 1. The Labute approximate surface area is 132 Å². The molecule has 4 nitrogen and oxygen atoms in total. The summed E-state index contributed by atoms with van der Waals surface area (Å²) < 4.78 is 5.27. The minimum absolute atomic E-state index is 0.0370. The maximum atomic E-state index is 11.6. The number of hydrogen-bond donors (Lipinski definition) is 1. The van der Waals surface area contributed by atoms with Crippen LogP contribution in [0.3, 0.4) is 0 Å². The molecule has 118 valence electrons. The number of aromatic nitrogens is 1. The molecule has 1 aliphatic heterocycles. The second-order valence-electron chi connectivity index (χ2n) is 5.48. The van der Waals surface area contributed by atoms with Crippen LogP contribution in [0.2, 0.25) is 0 Å². The van der Waals surface area contributed by atoms with Crippen molar-refractivity contribution in [1.29, 1.82) is 0 Å². The van der Waals surface area contributed by atoms with E-state index in [1.807, 2.05) is 30.5 Å². The van der Waals surface area contributed by atoms with Gasteiger partial charge >= 0.3 is 0 Å². The predicted octanol–water partition coefficient (Wildman–Crippen LogP) is 2.67. The van der Waals surface area contributed by atoms with Crippen LogP contribution < -0.4 is 5.32 Å². The Kier molecular flexibility index (Phi) is 7.39. The van der Waals surface area contributed by atoms with Crippen molar-refractivity contribution in [2.24, 2.45) is 5.92 Å². The second-order valence-corrected chi connectivity index (χ2v) is 5.48. The molecule has 4 heteroatoms. The Morgan fingerprint density at radius 2 is 2.36 bits per heavy atom. The third-order valence-electron chi connectivity index (χ3n) is 3.61. The quantitative estimate of drug-likeness (QED) is 0.456. The Bertz CT molecular complexity index is 491. The molecule has 1 atom stereocenters. The summed E-state index contributed by atoms with van der Waals surface area (Å²) in [6.07, 6.45) is 13.3. The molecule has 1 aliphatic rings. The van der Waals surface area contributed by atoms with Gasteiger partial charge in [0.15, 0.2) is 0 Å². The van der Waals surface area contributed by atoms with Gasteiger partial charge in [0.05, 0.1) is 6.61 Å². The van der Waals surface area contributed by atoms with Gasteiger partial charge in [-0.1, -0.05) is 24.3 Å². The van der Waals surface area contributed by atoms with Gasteiger partial charge in [0.25, 0.3) is 0 Å². The third kappa shape index (κ3) is 6.68. The number of allylic oxidation sites excluding steroid dienone is 3. The van der Waals surface area contributed by atoms with Gasteiger partial charge in [-0.2, -0.15) is 0 Å². The van der Waals surface area contributed by atoms with Gasteiger partial charge in [-0.15, -0.1) is 0 Å². The van der Waals surface area contributed by atoms with Crippen molar-refractivity contribution >= 4 is 5.91 Å². The van der Waals surface area contributed by atoms with Gasteiger partial charge in [0.1, 0.15) is 0 Å². The van der Waals surface area contributed by atoms with Crippen LogP contribution in [0.1, 0.15) is 25.0 Å². The smallest absolute Gasteiger partial charge is 0.243 e. The van der Waals surface area contributed by atoms with Gasteiger partial charge in [-0.3, -0.25) is 9.78 Å². The summed E-state index contributed by atoms with van der Waals surface area (Å²) in [6.45, 7) is 2.29. The maximum Gasteiger partial charge on any atom is 0.243 e. The average molecular weight is 300 g/mol. The SMILES string of the molecule is O=C(/C=C/C=C/CCCc1ccccn1)NCC1CCOC1. The van der Waals surface area contributed by atoms with Crippen molar-refractivity contribution in [2.45, 2.75) is 25.7 Å². The highest BCUT2D eigenvalue weighted by Gasteiger charge is 2.15. The van der Waals surface area contributed by atoms with E-state index in [0.717, 1.165) is 44.6 Å². The van der Waals surface area contributed by atoms with E-state index in [4.69, 9.17) is 4.74 Å². The first-order valence-electron chi connectivity index (χ1n) is 7.93. The number of carbonyl (C=O) groups excluding carboxylic acids is 1. The number of aryl methyl sites for hydroxylation is 1. The van der Waals surface area contributed by atoms with Gasteiger partial charge in [-0.25, -0.2) is 0 Å². The van der Waals surface area contributed by atoms with Gasteiger partial charge in [0.2, 0.25) is 5.91 Å². The summed E-state index contributed by atoms with van der Waals surface area (Å²) in [5.41, 5.74) is 1.13. The van der Waals surface area contributed by atoms with E-state index in [1.165, 1.54) is 0 Å². The van der Waals surface area contributed by atoms with Gasteiger partial charge in [-0.05, 0) is 37.8 Å². The van der Waals surface area contributed by atoms with E-state index in [0.29, 0.717) is 12.5 Å². The fourth-order valence-corrected chi connectivity index (χ4v) is 2.31. The minimum atomic E-state index is -0.0370. The van der Waals surface area contributed by atoms with Crippen molar-refractivity contribution in [3.63, 3.8) is 0 Å². The molecular formula is C18H24N2O2. The van der Waals surface area contributed by atoms with Crippen LogP contribution in [-0.4, -0.2) is 30.6 Å². The van der Waals surface area contributed by atoms with E-state index in [2.05, 4.69) is 16.4 Å². The normalized spacial score (nSPS) is 18.3. The lowest BCUT2D eigenvalue weighted by molar-refractivity contribution is -0.116. The maximum absolute atomic E-state index is 11.6. The lowest BCUT2D eigenvalue weighted by atomic mass is 10.1. The van der Waals surface area contributed by atoms with Crippen LogP contribution in [0.4, 0.5) is 0 Å². The Balaban J connectivity index is 1.53. The van der Waals surface area contributed by atoms with Crippen LogP contribution in [0, 0.1) is 5.92 Å². The molecule has 0 saturated carbocycles. The molecule has 0 aliphatic carbocycles. The van der Waals surface area contributed by atoms with E-state index in [-0.39, 0.29) is 5.91 Å². The average Bonchev–Trinajstić information content (AvgIpc) is 3.06. The molecule has 0 aromatic carbocycles. The molecular weight excluding hydrogens is 276 g/mol. The van der Waals surface area contributed by atoms with Crippen molar-refractivity contribution in [3.8, 4) is 0 Å². The number of amides is 1. The van der Waals surface area contributed by atoms with Crippen LogP contribution in [-0.2, 0) is 16.0 Å². The number of pyridine rings is 1. The molecule has 1 amide bonds. The van der Waals surface area contributed by atoms with Crippen LogP contribution in [0.15, 0.2) is 48.7 Å². The molecule has 2 rings (SSSR count). The fraction of sp³-hybridized carbons (Fsp3) is 0.444. The zero-order valence-electron chi connectivity index (χ0n) is 12.9. The highest BCUT2D eigenvalue weighted by atomic mass is 16.5. The van der Waals surface area contributed by atoms with E-state index in [9.17, 15) is 4.79 Å². The Hall–Kier alpha value is -1.94. The van der Waals surface area contributed by atoms with Crippen molar-refractivity contribution in [2.75, 3.05) is 19.8 Å². The molecule has 2 heterocycles. The van der Waals surface area contributed by atoms with Crippen LogP contribution in [0.5, 0.6) is 0 Å². The second kappa shape index (κ2) is 9.90. The van der Waals surface area contributed by atoms with E-state index >= 15 is 0 Å². The highest BCUT2D eigenvalue weighted by Crippen LogP contribution is 2.10. The Morgan fingerprint density at radius 3 is 3.14 bits per heavy atom. The molecule has 1 saturated heterocycles. The van der Waals surface area contributed by atoms with E-state index < -0.39 is 0 Å². The Morgan fingerprint density at radius 1 is 1.41 bits per heavy atom. The molecule has 1 unspecified atom stereocenters. The minimum Gasteiger partial charge on any atom is -0.381 e. The molecule has 0 radical (unpaired) electrons. The zero-order valence-corrected chi connectivity index (χ0v) is 12.9. The fourth-order valence-electron chi connectivity index (χ4n) is 2.31. The first kappa shape index (κ1) is 16.4. The molecule has 22 heavy (non-hydrogen) atoms. The van der Waals surface area contributed by atoms with Crippen LogP contribution in [0.25, 0.3) is 0 Å². The first-order chi connectivity index (χ1) is 10.8. The molecule has 0 spiro atoms. The summed E-state index contributed by atoms with van der Waals surface area (Å²) in [7, 11) is 0. The number of ether oxygens (including phenoxy) is 1. The molecule has 1 aromatic rings. The summed E-state index contributed by atoms with van der Waals surface area (Å²) in [5.74, 6) is 0.435. The number of hydrogen-bond acceptors (Lipinski definition) is 3. The summed E-state index contributed by atoms with van der Waals surface area (Å²) in [5, 5.41) is 2.90. The summed E-state index contributed by atoms with van der Waals surface area (Å²) in [6, 6.07) is 5.99. The van der Waals surface area contributed by atoms with Crippen molar-refractivity contribution < 1.29 is 9.53 Å². The summed E-state index contributed by atoms with van der Waals surface area (Å²) >= 11 is 0. The topological polar surface area (TPSA) is 51.2 Å². The lowest BCUT2D eigenvalue weighted by Crippen LogP contribution is -2.27. The van der Waals surface area contributed by atoms with Crippen molar-refractivity contribution in [3.05, 3.63) is 54.4 Å². The highest BCUT2D eigenvalue weighted by molar-refractivity contribution is 5.87. The lowest BCUT2D eigenvalue weighted by Gasteiger charge is -2.06. The number of nitrogens with zero attached hydrogens (tertiary/aromatic N) is 1. The molecule has 0 bridgehead atoms. The predicted molar refractivity (Wildman–Crippen MR) is 87.4 cm³/mol. The van der Waals surface area contributed by atoms with Gasteiger partial charge in [0, 0.05) is 37.0 Å². The molecule has 1 fully saturated rings. The first-order valence-corrected chi connectivity index (χ1v) is 7.93. The summed E-state index contributed by atoms with van der Waals surface area (Å²) in [4.78, 5) is 15.9. The van der Waals surface area contributed by atoms with E-state index in [1.54, 1.807) is 12.2 Å². The van der Waals surface area contributed by atoms with Gasteiger partial charge < -0.3 is 10.1 Å². The van der Waals surface area contributed by atoms with Crippen LogP contribution >= 0.6 is 0 Å².